The minimum atomic E-state index is -1.98. The molecule has 0 spiro atoms. The minimum Gasteiger partial charge on any atom is -0.468 e. The molecule has 0 N–H and O–H groups in total. The second-order valence-corrected chi connectivity index (χ2v) is 9.29. The Hall–Kier alpha value is -0.193. The van der Waals surface area contributed by atoms with E-state index in [0.29, 0.717) is 17.0 Å². The molecule has 9 heteroatoms. The van der Waals surface area contributed by atoms with Crippen LogP contribution in [-0.4, -0.2) is 30.8 Å². The van der Waals surface area contributed by atoms with Crippen molar-refractivity contribution in [3.05, 3.63) is 33.4 Å². The van der Waals surface area contributed by atoms with Crippen molar-refractivity contribution in [2.75, 3.05) is 11.8 Å². The lowest BCUT2D eigenvalue weighted by atomic mass is 10.3. The molecule has 0 amide bonds. The van der Waals surface area contributed by atoms with Gasteiger partial charge in [0.2, 0.25) is 5.88 Å². The van der Waals surface area contributed by atoms with Gasteiger partial charge in [-0.3, -0.25) is 4.39 Å². The molecule has 0 aliphatic carbocycles. The summed E-state index contributed by atoms with van der Waals surface area (Å²) in [5, 5.41) is 9.50. The zero-order valence-corrected chi connectivity index (χ0v) is 16.5. The highest BCUT2D eigenvalue weighted by Gasteiger charge is 2.25. The van der Waals surface area contributed by atoms with Crippen LogP contribution in [0.5, 0.6) is 5.88 Å². The number of hydrogen-bond acceptors (Lipinski definition) is 4. The summed E-state index contributed by atoms with van der Waals surface area (Å²) in [6, 6.07) is 3.58. The van der Waals surface area contributed by atoms with Crippen molar-refractivity contribution in [3.63, 3.8) is 0 Å². The zero-order valence-electron chi connectivity index (χ0n) is 10.9. The van der Waals surface area contributed by atoms with Crippen molar-refractivity contribution in [3.8, 4) is 5.88 Å². The van der Waals surface area contributed by atoms with E-state index in [1.54, 1.807) is 18.4 Å². The molecule has 0 bridgehead atoms. The van der Waals surface area contributed by atoms with Crippen molar-refractivity contribution in [1.82, 2.24) is 10.2 Å². The second-order valence-electron chi connectivity index (χ2n) is 4.20. The van der Waals surface area contributed by atoms with Crippen LogP contribution in [0, 0.1) is 3.70 Å². The van der Waals surface area contributed by atoms with Crippen molar-refractivity contribution in [2.24, 2.45) is 0 Å². The van der Waals surface area contributed by atoms with Gasteiger partial charge in [0.15, 0.2) is 0 Å². The summed E-state index contributed by atoms with van der Waals surface area (Å²) < 4.78 is 25.0. The molecule has 1 atom stereocenters. The average Bonchev–Trinajstić information content (AvgIpc) is 3.01. The van der Waals surface area contributed by atoms with Gasteiger partial charge in [-0.15, -0.1) is 21.8 Å². The second kappa shape index (κ2) is 8.44. The first-order valence-electron chi connectivity index (χ1n) is 6.09. The molecule has 1 unspecified atom stereocenters. The van der Waals surface area contributed by atoms with Gasteiger partial charge in [-0.1, -0.05) is 15.9 Å². The number of furan rings is 1. The molecule has 0 fully saturated rings. The number of halogens is 4. The van der Waals surface area contributed by atoms with Crippen LogP contribution in [-0.2, 0) is 11.9 Å². The first-order chi connectivity index (χ1) is 10.2. The topological polar surface area (TPSA) is 48.2 Å². The Balaban J connectivity index is 2.34. The molecule has 114 valence electrons. The summed E-state index contributed by atoms with van der Waals surface area (Å²) in [6.07, 6.45) is 1.13. The summed E-state index contributed by atoms with van der Waals surface area (Å²) in [5.74, 6) is 1.03. The van der Waals surface area contributed by atoms with Crippen molar-refractivity contribution in [2.45, 2.75) is 11.9 Å². The standard InChI is InChI=1S/C12H12BrClFIN2O2Si/c13-4-9-10(21(6-14)7-15)12(18-17-11(9)16)20-5-8-2-1-3-19-8/h1-3,21H,4-7H2. The molecule has 2 heterocycles. The van der Waals surface area contributed by atoms with E-state index in [4.69, 9.17) is 20.8 Å². The third-order valence-electron chi connectivity index (χ3n) is 2.88. The summed E-state index contributed by atoms with van der Waals surface area (Å²) in [6.45, 7) is 0.229. The lowest BCUT2D eigenvalue weighted by Gasteiger charge is -2.17. The molecule has 21 heavy (non-hydrogen) atoms. The molecular weight excluding hydrogens is 493 g/mol. The van der Waals surface area contributed by atoms with E-state index in [9.17, 15) is 4.39 Å². The van der Waals surface area contributed by atoms with Crippen LogP contribution < -0.4 is 9.92 Å². The molecule has 0 aliphatic rings. The zero-order chi connectivity index (χ0) is 15.2. The Labute approximate surface area is 150 Å². The molecule has 2 aromatic rings. The summed E-state index contributed by atoms with van der Waals surface area (Å²) in [7, 11) is -1.98. The van der Waals surface area contributed by atoms with Gasteiger partial charge in [0, 0.05) is 21.6 Å². The number of aromatic nitrogens is 2. The largest absolute Gasteiger partial charge is 0.468 e. The molecule has 0 aromatic carbocycles. The highest BCUT2D eigenvalue weighted by molar-refractivity contribution is 14.1. The molecule has 0 saturated carbocycles. The molecule has 2 aromatic heterocycles. The fourth-order valence-corrected chi connectivity index (χ4v) is 6.43. The molecule has 4 nitrogen and oxygen atoms in total. The smallest absolute Gasteiger partial charge is 0.233 e. The Bertz CT molecular complexity index is 587. The van der Waals surface area contributed by atoms with Gasteiger partial charge in [0.05, 0.1) is 12.6 Å². The predicted molar refractivity (Wildman–Crippen MR) is 93.9 cm³/mol. The number of alkyl halides is 3. The average molecular weight is 506 g/mol. The summed E-state index contributed by atoms with van der Waals surface area (Å²) in [4.78, 5) is 0. The molecule has 0 aliphatic heterocycles. The summed E-state index contributed by atoms with van der Waals surface area (Å²) >= 11 is 11.4. The number of ether oxygens (including phenoxy) is 1. The van der Waals surface area contributed by atoms with Crippen LogP contribution in [0.4, 0.5) is 4.39 Å². The van der Waals surface area contributed by atoms with E-state index in [-0.39, 0.29) is 12.1 Å². The third-order valence-corrected chi connectivity index (χ3v) is 7.58. The summed E-state index contributed by atoms with van der Waals surface area (Å²) in [5.41, 5.74) is 1.20. The van der Waals surface area contributed by atoms with E-state index >= 15 is 0 Å². The lowest BCUT2D eigenvalue weighted by Crippen LogP contribution is -2.40. The third kappa shape index (κ3) is 4.17. The van der Waals surface area contributed by atoms with Gasteiger partial charge < -0.3 is 9.15 Å². The monoisotopic (exact) mass is 504 g/mol. The Morgan fingerprint density at radius 3 is 2.86 bits per heavy atom. The van der Waals surface area contributed by atoms with Crippen LogP contribution in [0.1, 0.15) is 11.3 Å². The van der Waals surface area contributed by atoms with Crippen LogP contribution >= 0.6 is 50.1 Å². The van der Waals surface area contributed by atoms with Crippen LogP contribution in [0.15, 0.2) is 22.8 Å². The van der Waals surface area contributed by atoms with Gasteiger partial charge in [-0.05, 0) is 34.7 Å². The maximum atomic E-state index is 13.3. The predicted octanol–water partition coefficient (Wildman–Crippen LogP) is 2.87. The molecule has 0 saturated heterocycles. The van der Waals surface area contributed by atoms with Crippen LogP contribution in [0.25, 0.3) is 0 Å². The van der Waals surface area contributed by atoms with Gasteiger partial charge in [-0.25, -0.2) is 0 Å². The van der Waals surface area contributed by atoms with Crippen molar-refractivity contribution < 1.29 is 13.5 Å². The number of rotatable bonds is 7. The van der Waals surface area contributed by atoms with Crippen molar-refractivity contribution >= 4 is 64.1 Å². The van der Waals surface area contributed by atoms with Crippen LogP contribution in [0.2, 0.25) is 0 Å². The van der Waals surface area contributed by atoms with E-state index in [1.807, 2.05) is 0 Å². The van der Waals surface area contributed by atoms with Gasteiger partial charge in [0.1, 0.15) is 24.9 Å². The van der Waals surface area contributed by atoms with E-state index < -0.39 is 15.1 Å². The first kappa shape index (κ1) is 17.2. The van der Waals surface area contributed by atoms with E-state index in [1.165, 1.54) is 0 Å². The molecule has 2 rings (SSSR count). The highest BCUT2D eigenvalue weighted by atomic mass is 127. The Kier molecular flexibility index (Phi) is 6.90. The number of nitrogens with zero attached hydrogens (tertiary/aromatic N) is 2. The lowest BCUT2D eigenvalue weighted by molar-refractivity contribution is 0.259. The van der Waals surface area contributed by atoms with E-state index in [0.717, 1.165) is 14.5 Å². The normalized spacial score (nSPS) is 12.4. The SMILES string of the molecule is FC[SiH](CCl)c1c(OCc2ccco2)nnc(I)c1CBr. The highest BCUT2D eigenvalue weighted by Crippen LogP contribution is 2.18. The maximum absolute atomic E-state index is 13.3. The van der Waals surface area contributed by atoms with Crippen molar-refractivity contribution in [1.29, 1.82) is 0 Å². The maximum Gasteiger partial charge on any atom is 0.233 e. The minimum absolute atomic E-state index is 0.229. The van der Waals surface area contributed by atoms with E-state index in [2.05, 4.69) is 48.7 Å². The fourth-order valence-electron chi connectivity index (χ4n) is 1.83. The molecule has 0 radical (unpaired) electrons. The quantitative estimate of drug-likeness (QED) is 0.330. The Morgan fingerprint density at radius 2 is 2.29 bits per heavy atom. The molecular formula is C12H12BrClFIN2O2Si. The van der Waals surface area contributed by atoms with Gasteiger partial charge >= 0.3 is 0 Å². The fraction of sp³-hybridized carbons (Fsp3) is 0.333. The number of hydrogen-bond donors (Lipinski definition) is 0. The van der Waals surface area contributed by atoms with Crippen LogP contribution in [0.3, 0.4) is 0 Å². The Morgan fingerprint density at radius 1 is 1.48 bits per heavy atom. The van der Waals surface area contributed by atoms with Gasteiger partial charge in [0.25, 0.3) is 0 Å². The first-order valence-corrected chi connectivity index (χ1v) is 11.0. The van der Waals surface area contributed by atoms with Gasteiger partial charge in [-0.2, -0.15) is 0 Å².